The van der Waals surface area contributed by atoms with Gasteiger partial charge in [-0.25, -0.2) is 4.79 Å². The van der Waals surface area contributed by atoms with E-state index in [1.807, 2.05) is 12.1 Å². The minimum atomic E-state index is -0.0947. The molecular weight excluding hydrogens is 248 g/mol. The Bertz CT molecular complexity index is 415. The van der Waals surface area contributed by atoms with Gasteiger partial charge in [0.25, 0.3) is 0 Å². The molecule has 0 aliphatic rings. The number of rotatable bonds is 8. The van der Waals surface area contributed by atoms with Crippen LogP contribution in [0.2, 0.25) is 0 Å². The monoisotopic (exact) mass is 276 g/mol. The highest BCUT2D eigenvalue weighted by Gasteiger charge is 2.06. The zero-order chi connectivity index (χ0) is 14.8. The van der Waals surface area contributed by atoms with E-state index in [9.17, 15) is 4.79 Å². The first-order valence-corrected chi connectivity index (χ1v) is 7.81. The van der Waals surface area contributed by atoms with Crippen LogP contribution in [0.3, 0.4) is 0 Å². The standard InChI is InChI=1S/C17H28N2O/c1-4-6-7-8-12-18-17(20)19-16-11-10-14(3)13-15(16)9-5-2/h10-11,13H,4-9,12H2,1-3H3,(H2,18,19,20). The van der Waals surface area contributed by atoms with Gasteiger partial charge in [-0.15, -0.1) is 0 Å². The van der Waals surface area contributed by atoms with Crippen molar-refractivity contribution in [1.82, 2.24) is 5.32 Å². The summed E-state index contributed by atoms with van der Waals surface area (Å²) in [6.45, 7) is 7.17. The Morgan fingerprint density at radius 2 is 1.90 bits per heavy atom. The Morgan fingerprint density at radius 1 is 1.10 bits per heavy atom. The zero-order valence-electron chi connectivity index (χ0n) is 13.1. The molecule has 2 amide bonds. The van der Waals surface area contributed by atoms with Gasteiger partial charge in [-0.3, -0.25) is 0 Å². The normalized spacial score (nSPS) is 10.3. The molecule has 0 atom stereocenters. The minimum absolute atomic E-state index is 0.0947. The molecule has 0 aliphatic carbocycles. The van der Waals surface area contributed by atoms with Crippen molar-refractivity contribution < 1.29 is 4.79 Å². The highest BCUT2D eigenvalue weighted by Crippen LogP contribution is 2.19. The van der Waals surface area contributed by atoms with Crippen molar-refractivity contribution in [2.24, 2.45) is 0 Å². The number of anilines is 1. The molecule has 0 aromatic heterocycles. The molecule has 0 saturated heterocycles. The van der Waals surface area contributed by atoms with E-state index in [1.54, 1.807) is 0 Å². The molecule has 1 aromatic rings. The third-order valence-electron chi connectivity index (χ3n) is 3.34. The average Bonchev–Trinajstić information content (AvgIpc) is 2.42. The molecule has 0 fully saturated rings. The first kappa shape index (κ1) is 16.5. The summed E-state index contributed by atoms with van der Waals surface area (Å²) in [5.41, 5.74) is 3.39. The molecule has 0 spiro atoms. The molecule has 3 heteroatoms. The van der Waals surface area contributed by atoms with Gasteiger partial charge in [0, 0.05) is 12.2 Å². The largest absolute Gasteiger partial charge is 0.338 e. The fourth-order valence-corrected chi connectivity index (χ4v) is 2.24. The van der Waals surface area contributed by atoms with Gasteiger partial charge in [0.05, 0.1) is 0 Å². The molecule has 0 saturated carbocycles. The van der Waals surface area contributed by atoms with Crippen molar-refractivity contribution in [1.29, 1.82) is 0 Å². The molecule has 112 valence electrons. The molecule has 2 N–H and O–H groups in total. The Morgan fingerprint density at radius 3 is 2.60 bits per heavy atom. The van der Waals surface area contributed by atoms with Crippen LogP contribution >= 0.6 is 0 Å². The molecule has 0 heterocycles. The van der Waals surface area contributed by atoms with E-state index in [0.29, 0.717) is 0 Å². The summed E-state index contributed by atoms with van der Waals surface area (Å²) in [6.07, 6.45) is 6.77. The summed E-state index contributed by atoms with van der Waals surface area (Å²) >= 11 is 0. The van der Waals surface area contributed by atoms with E-state index in [2.05, 4.69) is 37.5 Å². The number of hydrogen-bond acceptors (Lipinski definition) is 1. The predicted octanol–water partition coefficient (Wildman–Crippen LogP) is 4.65. The van der Waals surface area contributed by atoms with Crippen LogP contribution in [-0.2, 0) is 6.42 Å². The molecule has 20 heavy (non-hydrogen) atoms. The van der Waals surface area contributed by atoms with E-state index in [1.165, 1.54) is 30.4 Å². The summed E-state index contributed by atoms with van der Waals surface area (Å²) in [4.78, 5) is 11.9. The molecule has 1 rings (SSSR count). The Balaban J connectivity index is 2.44. The van der Waals surface area contributed by atoms with Gasteiger partial charge in [-0.1, -0.05) is 57.2 Å². The van der Waals surface area contributed by atoms with Crippen molar-refractivity contribution >= 4 is 11.7 Å². The van der Waals surface area contributed by atoms with E-state index < -0.39 is 0 Å². The van der Waals surface area contributed by atoms with Gasteiger partial charge in [0.15, 0.2) is 0 Å². The second-order valence-electron chi connectivity index (χ2n) is 5.35. The Labute approximate surface area is 123 Å². The maximum atomic E-state index is 11.9. The minimum Gasteiger partial charge on any atom is -0.338 e. The van der Waals surface area contributed by atoms with Crippen LogP contribution in [0.1, 0.15) is 57.1 Å². The van der Waals surface area contributed by atoms with Gasteiger partial charge >= 0.3 is 6.03 Å². The fraction of sp³-hybridized carbons (Fsp3) is 0.588. The molecule has 3 nitrogen and oxygen atoms in total. The van der Waals surface area contributed by atoms with Gasteiger partial charge in [-0.05, 0) is 31.4 Å². The Hall–Kier alpha value is -1.51. The molecule has 1 aromatic carbocycles. The third-order valence-corrected chi connectivity index (χ3v) is 3.34. The van der Waals surface area contributed by atoms with Crippen molar-refractivity contribution in [2.75, 3.05) is 11.9 Å². The molecule has 0 bridgehead atoms. The van der Waals surface area contributed by atoms with Gasteiger partial charge in [0.1, 0.15) is 0 Å². The van der Waals surface area contributed by atoms with Crippen molar-refractivity contribution in [3.8, 4) is 0 Å². The summed E-state index contributed by atoms with van der Waals surface area (Å²) in [6, 6.07) is 6.09. The second kappa shape index (κ2) is 9.40. The number of benzene rings is 1. The number of urea groups is 1. The quantitative estimate of drug-likeness (QED) is 0.667. The summed E-state index contributed by atoms with van der Waals surface area (Å²) < 4.78 is 0. The SMILES string of the molecule is CCCCCCNC(=O)Nc1ccc(C)cc1CCC. The third kappa shape index (κ3) is 6.09. The lowest BCUT2D eigenvalue weighted by atomic mass is 10.1. The van der Waals surface area contributed by atoms with E-state index in [-0.39, 0.29) is 6.03 Å². The number of unbranched alkanes of at least 4 members (excludes halogenated alkanes) is 3. The van der Waals surface area contributed by atoms with Crippen LogP contribution in [0.25, 0.3) is 0 Å². The lowest BCUT2D eigenvalue weighted by Crippen LogP contribution is -2.29. The average molecular weight is 276 g/mol. The van der Waals surface area contributed by atoms with Gasteiger partial charge in [0.2, 0.25) is 0 Å². The van der Waals surface area contributed by atoms with E-state index in [0.717, 1.165) is 31.5 Å². The number of hydrogen-bond donors (Lipinski definition) is 2. The number of carbonyl (C=O) groups is 1. The topological polar surface area (TPSA) is 41.1 Å². The number of aryl methyl sites for hydroxylation is 2. The maximum Gasteiger partial charge on any atom is 0.319 e. The van der Waals surface area contributed by atoms with Crippen LogP contribution in [0.15, 0.2) is 18.2 Å². The Kier molecular flexibility index (Phi) is 7.78. The molecular formula is C17H28N2O. The summed E-state index contributed by atoms with van der Waals surface area (Å²) in [7, 11) is 0. The van der Waals surface area contributed by atoms with Crippen LogP contribution in [0.5, 0.6) is 0 Å². The lowest BCUT2D eigenvalue weighted by molar-refractivity contribution is 0.252. The van der Waals surface area contributed by atoms with Crippen LogP contribution in [0.4, 0.5) is 10.5 Å². The first-order valence-electron chi connectivity index (χ1n) is 7.81. The smallest absolute Gasteiger partial charge is 0.319 e. The number of nitrogens with one attached hydrogen (secondary N) is 2. The van der Waals surface area contributed by atoms with Gasteiger partial charge in [-0.2, -0.15) is 0 Å². The number of amides is 2. The second-order valence-corrected chi connectivity index (χ2v) is 5.35. The highest BCUT2D eigenvalue weighted by molar-refractivity contribution is 5.90. The van der Waals surface area contributed by atoms with Crippen LogP contribution in [0, 0.1) is 6.92 Å². The van der Waals surface area contributed by atoms with Crippen molar-refractivity contribution in [3.05, 3.63) is 29.3 Å². The fourth-order valence-electron chi connectivity index (χ4n) is 2.24. The van der Waals surface area contributed by atoms with E-state index in [4.69, 9.17) is 0 Å². The van der Waals surface area contributed by atoms with Gasteiger partial charge < -0.3 is 10.6 Å². The predicted molar refractivity (Wildman–Crippen MR) is 86.3 cm³/mol. The molecule has 0 unspecified atom stereocenters. The zero-order valence-corrected chi connectivity index (χ0v) is 13.1. The summed E-state index contributed by atoms with van der Waals surface area (Å²) in [5, 5.41) is 5.89. The first-order chi connectivity index (χ1) is 9.67. The van der Waals surface area contributed by atoms with Crippen LogP contribution in [-0.4, -0.2) is 12.6 Å². The lowest BCUT2D eigenvalue weighted by Gasteiger charge is -2.12. The van der Waals surface area contributed by atoms with E-state index >= 15 is 0 Å². The number of carbonyl (C=O) groups excluding carboxylic acids is 1. The highest BCUT2D eigenvalue weighted by atomic mass is 16.2. The van der Waals surface area contributed by atoms with Crippen molar-refractivity contribution in [3.63, 3.8) is 0 Å². The maximum absolute atomic E-state index is 11.9. The van der Waals surface area contributed by atoms with Crippen LogP contribution < -0.4 is 10.6 Å². The van der Waals surface area contributed by atoms with Crippen molar-refractivity contribution in [2.45, 2.75) is 59.3 Å². The summed E-state index contributed by atoms with van der Waals surface area (Å²) in [5.74, 6) is 0. The molecule has 0 radical (unpaired) electrons. The molecule has 0 aliphatic heterocycles.